The van der Waals surface area contributed by atoms with Crippen LogP contribution in [0.15, 0.2) is 24.3 Å². The Balaban J connectivity index is 2.89. The molecule has 18 heavy (non-hydrogen) atoms. The third kappa shape index (κ3) is 4.00. The van der Waals surface area contributed by atoms with Crippen molar-refractivity contribution in [1.82, 2.24) is 5.32 Å². The Kier molecular flexibility index (Phi) is 6.76. The minimum Gasteiger partial charge on any atom is -0.395 e. The quantitative estimate of drug-likeness (QED) is 0.744. The average molecular weight is 250 g/mol. The Bertz CT molecular complexity index is 341. The zero-order valence-corrected chi connectivity index (χ0v) is 11.8. The Morgan fingerprint density at radius 3 is 2.61 bits per heavy atom. The maximum absolute atomic E-state index is 9.14. The van der Waals surface area contributed by atoms with Gasteiger partial charge in [-0.1, -0.05) is 25.1 Å². The first-order valence-electron chi connectivity index (χ1n) is 6.92. The van der Waals surface area contributed by atoms with Crippen LogP contribution in [0.2, 0.25) is 0 Å². The lowest BCUT2D eigenvalue weighted by Gasteiger charge is -2.27. The number of hydrogen-bond donors (Lipinski definition) is 2. The molecule has 0 saturated heterocycles. The van der Waals surface area contributed by atoms with Crippen LogP contribution in [0.1, 0.15) is 38.8 Å². The van der Waals surface area contributed by atoms with Gasteiger partial charge in [0.05, 0.1) is 6.61 Å². The van der Waals surface area contributed by atoms with Crippen molar-refractivity contribution in [2.45, 2.75) is 33.2 Å². The molecule has 1 aromatic carbocycles. The largest absolute Gasteiger partial charge is 0.395 e. The lowest BCUT2D eigenvalue weighted by Crippen LogP contribution is -2.29. The zero-order chi connectivity index (χ0) is 13.4. The highest BCUT2D eigenvalue weighted by atomic mass is 16.3. The fraction of sp³-hybridized carbons (Fsp3) is 0.600. The molecular formula is C15H26N2O. The van der Waals surface area contributed by atoms with Gasteiger partial charge in [-0.05, 0) is 38.4 Å². The molecule has 0 fully saturated rings. The van der Waals surface area contributed by atoms with E-state index < -0.39 is 0 Å². The SMILES string of the molecule is CCCNC(C)c1ccccc1N(CC)CCO. The van der Waals surface area contributed by atoms with Crippen LogP contribution in [-0.4, -0.2) is 31.3 Å². The van der Waals surface area contributed by atoms with Crippen molar-refractivity contribution in [2.24, 2.45) is 0 Å². The lowest BCUT2D eigenvalue weighted by atomic mass is 10.0. The van der Waals surface area contributed by atoms with Gasteiger partial charge in [0.15, 0.2) is 0 Å². The monoisotopic (exact) mass is 250 g/mol. The smallest absolute Gasteiger partial charge is 0.0606 e. The van der Waals surface area contributed by atoms with Crippen LogP contribution in [-0.2, 0) is 0 Å². The van der Waals surface area contributed by atoms with Crippen molar-refractivity contribution >= 4 is 5.69 Å². The molecule has 0 aliphatic heterocycles. The molecule has 0 bridgehead atoms. The van der Waals surface area contributed by atoms with E-state index in [9.17, 15) is 0 Å². The Hall–Kier alpha value is -1.06. The molecule has 0 aliphatic rings. The molecule has 3 heteroatoms. The summed E-state index contributed by atoms with van der Waals surface area (Å²) in [7, 11) is 0. The van der Waals surface area contributed by atoms with Gasteiger partial charge < -0.3 is 15.3 Å². The van der Waals surface area contributed by atoms with E-state index in [1.807, 2.05) is 0 Å². The third-order valence-corrected chi connectivity index (χ3v) is 3.20. The highest BCUT2D eigenvalue weighted by Gasteiger charge is 2.13. The number of aliphatic hydroxyl groups is 1. The summed E-state index contributed by atoms with van der Waals surface area (Å²) in [6, 6.07) is 8.79. The summed E-state index contributed by atoms with van der Waals surface area (Å²) in [6.07, 6.45) is 1.14. The van der Waals surface area contributed by atoms with Crippen molar-refractivity contribution < 1.29 is 5.11 Å². The molecule has 1 rings (SSSR count). The summed E-state index contributed by atoms with van der Waals surface area (Å²) >= 11 is 0. The van der Waals surface area contributed by atoms with Gasteiger partial charge in [-0.25, -0.2) is 0 Å². The van der Waals surface area contributed by atoms with Gasteiger partial charge in [0.25, 0.3) is 0 Å². The summed E-state index contributed by atoms with van der Waals surface area (Å²) in [5.41, 5.74) is 2.53. The number of hydrogen-bond acceptors (Lipinski definition) is 3. The zero-order valence-electron chi connectivity index (χ0n) is 11.8. The van der Waals surface area contributed by atoms with E-state index in [4.69, 9.17) is 5.11 Å². The van der Waals surface area contributed by atoms with E-state index in [0.29, 0.717) is 12.6 Å². The molecule has 0 heterocycles. The highest BCUT2D eigenvalue weighted by Crippen LogP contribution is 2.25. The minimum atomic E-state index is 0.193. The molecular weight excluding hydrogens is 224 g/mol. The highest BCUT2D eigenvalue weighted by molar-refractivity contribution is 5.54. The maximum atomic E-state index is 9.14. The second kappa shape index (κ2) is 8.11. The second-order valence-electron chi connectivity index (χ2n) is 4.54. The number of nitrogens with zero attached hydrogens (tertiary/aromatic N) is 1. The molecule has 1 aromatic rings. The van der Waals surface area contributed by atoms with Gasteiger partial charge in [0.2, 0.25) is 0 Å². The van der Waals surface area contributed by atoms with Crippen molar-refractivity contribution in [1.29, 1.82) is 0 Å². The van der Waals surface area contributed by atoms with Crippen LogP contribution < -0.4 is 10.2 Å². The van der Waals surface area contributed by atoms with Gasteiger partial charge in [-0.15, -0.1) is 0 Å². The number of rotatable bonds is 8. The first kappa shape index (κ1) is 15.0. The molecule has 0 amide bonds. The molecule has 1 atom stereocenters. The second-order valence-corrected chi connectivity index (χ2v) is 4.54. The van der Waals surface area contributed by atoms with E-state index in [0.717, 1.165) is 19.5 Å². The first-order chi connectivity index (χ1) is 8.74. The molecule has 1 unspecified atom stereocenters. The molecule has 2 N–H and O–H groups in total. The lowest BCUT2D eigenvalue weighted by molar-refractivity contribution is 0.302. The molecule has 0 aliphatic carbocycles. The van der Waals surface area contributed by atoms with E-state index in [1.165, 1.54) is 11.3 Å². The predicted molar refractivity (Wildman–Crippen MR) is 78.1 cm³/mol. The van der Waals surface area contributed by atoms with Crippen molar-refractivity contribution in [3.8, 4) is 0 Å². The van der Waals surface area contributed by atoms with Crippen LogP contribution in [0, 0.1) is 0 Å². The summed E-state index contributed by atoms with van der Waals surface area (Å²) < 4.78 is 0. The minimum absolute atomic E-state index is 0.193. The third-order valence-electron chi connectivity index (χ3n) is 3.20. The number of aliphatic hydroxyl groups excluding tert-OH is 1. The molecule has 0 radical (unpaired) electrons. The van der Waals surface area contributed by atoms with Gasteiger partial charge in [0.1, 0.15) is 0 Å². The first-order valence-corrected chi connectivity index (χ1v) is 6.92. The Morgan fingerprint density at radius 1 is 1.28 bits per heavy atom. The van der Waals surface area contributed by atoms with Crippen molar-refractivity contribution in [3.05, 3.63) is 29.8 Å². The normalized spacial score (nSPS) is 12.4. The number of anilines is 1. The molecule has 0 aromatic heterocycles. The number of likely N-dealkylation sites (N-methyl/N-ethyl adjacent to an activating group) is 1. The topological polar surface area (TPSA) is 35.5 Å². The van der Waals surface area contributed by atoms with Crippen LogP contribution in [0.25, 0.3) is 0 Å². The summed E-state index contributed by atoms with van der Waals surface area (Å²) in [5, 5.41) is 12.7. The summed E-state index contributed by atoms with van der Waals surface area (Å²) in [6.45, 7) is 9.32. The van der Waals surface area contributed by atoms with E-state index in [-0.39, 0.29) is 6.61 Å². The fourth-order valence-electron chi connectivity index (χ4n) is 2.18. The van der Waals surface area contributed by atoms with Crippen LogP contribution in [0.3, 0.4) is 0 Å². The van der Waals surface area contributed by atoms with Crippen LogP contribution in [0.4, 0.5) is 5.69 Å². The maximum Gasteiger partial charge on any atom is 0.0606 e. The molecule has 102 valence electrons. The Labute approximate surface area is 111 Å². The van der Waals surface area contributed by atoms with Crippen LogP contribution in [0.5, 0.6) is 0 Å². The fourth-order valence-corrected chi connectivity index (χ4v) is 2.18. The van der Waals surface area contributed by atoms with Gasteiger partial charge >= 0.3 is 0 Å². The summed E-state index contributed by atoms with van der Waals surface area (Å²) in [5.74, 6) is 0. The van der Waals surface area contributed by atoms with Crippen LogP contribution >= 0.6 is 0 Å². The Morgan fingerprint density at radius 2 is 2.00 bits per heavy atom. The molecule has 3 nitrogen and oxygen atoms in total. The molecule has 0 spiro atoms. The number of para-hydroxylation sites is 1. The van der Waals surface area contributed by atoms with E-state index >= 15 is 0 Å². The van der Waals surface area contributed by atoms with Gasteiger partial charge in [-0.3, -0.25) is 0 Å². The molecule has 0 saturated carbocycles. The predicted octanol–water partition coefficient (Wildman–Crippen LogP) is 2.57. The van der Waals surface area contributed by atoms with Gasteiger partial charge in [-0.2, -0.15) is 0 Å². The van der Waals surface area contributed by atoms with Gasteiger partial charge in [0, 0.05) is 24.8 Å². The number of nitrogens with one attached hydrogen (secondary N) is 1. The number of benzene rings is 1. The average Bonchev–Trinajstić information content (AvgIpc) is 2.42. The van der Waals surface area contributed by atoms with E-state index in [2.05, 4.69) is 55.3 Å². The van der Waals surface area contributed by atoms with E-state index in [1.54, 1.807) is 0 Å². The van der Waals surface area contributed by atoms with Crippen molar-refractivity contribution in [3.63, 3.8) is 0 Å². The van der Waals surface area contributed by atoms with Crippen molar-refractivity contribution in [2.75, 3.05) is 31.1 Å². The summed E-state index contributed by atoms with van der Waals surface area (Å²) in [4.78, 5) is 2.22. The standard InChI is InChI=1S/C15H26N2O/c1-4-10-16-13(3)14-8-6-7-9-15(14)17(5-2)11-12-18/h6-9,13,16,18H,4-5,10-12H2,1-3H3.